The molecule has 0 unspecified atom stereocenters. The Morgan fingerprint density at radius 2 is 1.91 bits per heavy atom. The van der Waals surface area contributed by atoms with Crippen molar-refractivity contribution in [2.75, 3.05) is 24.5 Å². The van der Waals surface area contributed by atoms with Crippen molar-refractivity contribution in [3.8, 4) is 0 Å². The Bertz CT molecular complexity index is 1000. The summed E-state index contributed by atoms with van der Waals surface area (Å²) in [6, 6.07) is 10.2. The van der Waals surface area contributed by atoms with Crippen molar-refractivity contribution in [2.24, 2.45) is 5.92 Å². The fourth-order valence-corrected chi connectivity index (χ4v) is 5.00. The first-order valence-electron chi connectivity index (χ1n) is 12.1. The lowest BCUT2D eigenvalue weighted by molar-refractivity contribution is -0.132. The van der Waals surface area contributed by atoms with E-state index in [2.05, 4.69) is 12.1 Å². The molecule has 1 saturated carbocycles. The molecule has 5 rings (SSSR count). The number of likely N-dealkylation sites (tertiary alicyclic amines) is 1. The summed E-state index contributed by atoms with van der Waals surface area (Å²) in [5, 5.41) is 0. The number of piperidine rings is 1. The van der Waals surface area contributed by atoms with Crippen LogP contribution in [0.5, 0.6) is 0 Å². The average Bonchev–Trinajstić information content (AvgIpc) is 3.64. The van der Waals surface area contributed by atoms with Crippen molar-refractivity contribution in [1.29, 1.82) is 0 Å². The van der Waals surface area contributed by atoms with Crippen molar-refractivity contribution in [2.45, 2.75) is 64.2 Å². The summed E-state index contributed by atoms with van der Waals surface area (Å²) in [6.07, 6.45) is 6.95. The Morgan fingerprint density at radius 1 is 1.09 bits per heavy atom. The van der Waals surface area contributed by atoms with E-state index in [9.17, 15) is 9.59 Å². The Hall–Kier alpha value is -2.76. The molecule has 1 atom stereocenters. The van der Waals surface area contributed by atoms with Gasteiger partial charge in [0, 0.05) is 49.7 Å². The highest BCUT2D eigenvalue weighted by Crippen LogP contribution is 2.36. The van der Waals surface area contributed by atoms with E-state index in [-0.39, 0.29) is 17.7 Å². The maximum Gasteiger partial charge on any atom is 0.228 e. The third-order valence-corrected chi connectivity index (χ3v) is 7.10. The molecular weight excluding hydrogens is 400 g/mol. The first-order valence-corrected chi connectivity index (χ1v) is 12.1. The van der Waals surface area contributed by atoms with E-state index in [1.54, 1.807) is 0 Å². The fourth-order valence-electron chi connectivity index (χ4n) is 5.00. The van der Waals surface area contributed by atoms with Crippen molar-refractivity contribution in [1.82, 2.24) is 14.9 Å². The molecule has 6 nitrogen and oxygen atoms in total. The molecule has 2 aliphatic heterocycles. The second-order valence-electron chi connectivity index (χ2n) is 9.58. The van der Waals surface area contributed by atoms with Gasteiger partial charge in [-0.2, -0.15) is 0 Å². The van der Waals surface area contributed by atoms with Crippen LogP contribution in [0.1, 0.15) is 67.1 Å². The van der Waals surface area contributed by atoms with Crippen LogP contribution in [0, 0.1) is 12.8 Å². The molecule has 1 aliphatic carbocycles. The summed E-state index contributed by atoms with van der Waals surface area (Å²) >= 11 is 0. The molecule has 1 saturated heterocycles. The average molecular weight is 433 g/mol. The second-order valence-corrected chi connectivity index (χ2v) is 9.58. The lowest BCUT2D eigenvalue weighted by atomic mass is 9.95. The monoisotopic (exact) mass is 432 g/mol. The predicted octanol–water partition coefficient (Wildman–Crippen LogP) is 3.81. The molecule has 3 aliphatic rings. The number of carbonyl (C=O) groups is 2. The fraction of sp³-hybridized carbons (Fsp3) is 0.538. The zero-order valence-electron chi connectivity index (χ0n) is 18.9. The number of fused-ring (bicyclic) bond motifs is 1. The van der Waals surface area contributed by atoms with Crippen molar-refractivity contribution in [3.63, 3.8) is 0 Å². The minimum absolute atomic E-state index is 0.133. The maximum atomic E-state index is 12.9. The van der Waals surface area contributed by atoms with Gasteiger partial charge in [0.25, 0.3) is 0 Å². The third kappa shape index (κ3) is 4.54. The van der Waals surface area contributed by atoms with E-state index in [0.717, 1.165) is 61.7 Å². The van der Waals surface area contributed by atoms with Gasteiger partial charge < -0.3 is 4.90 Å². The molecule has 0 spiro atoms. The van der Waals surface area contributed by atoms with Crippen LogP contribution >= 0.6 is 0 Å². The summed E-state index contributed by atoms with van der Waals surface area (Å²) < 4.78 is 0. The van der Waals surface area contributed by atoms with Crippen LogP contribution in [0.3, 0.4) is 0 Å². The predicted molar refractivity (Wildman–Crippen MR) is 123 cm³/mol. The van der Waals surface area contributed by atoms with Crippen LogP contribution in [0.2, 0.25) is 0 Å². The largest absolute Gasteiger partial charge is 0.342 e. The number of hydrogen-bond acceptors (Lipinski definition) is 4. The molecule has 2 fully saturated rings. The van der Waals surface area contributed by atoms with Gasteiger partial charge in [-0.3, -0.25) is 14.5 Å². The molecule has 6 heteroatoms. The number of hydrogen-bond donors (Lipinski definition) is 0. The van der Waals surface area contributed by atoms with E-state index in [1.807, 2.05) is 34.9 Å². The highest BCUT2D eigenvalue weighted by Gasteiger charge is 2.34. The van der Waals surface area contributed by atoms with Gasteiger partial charge in [0.15, 0.2) is 0 Å². The summed E-state index contributed by atoms with van der Waals surface area (Å²) in [4.78, 5) is 39.3. The van der Waals surface area contributed by atoms with Crippen LogP contribution in [-0.4, -0.2) is 46.3 Å². The minimum Gasteiger partial charge on any atom is -0.342 e. The van der Waals surface area contributed by atoms with Crippen molar-refractivity contribution < 1.29 is 9.59 Å². The SMILES string of the molecule is Cc1nc([C@@H]2CCCN(C(=O)CCc3ccccc3)C2)nc2c1CCC(=O)N2CC1CC1. The number of aromatic nitrogens is 2. The molecule has 168 valence electrons. The van der Waals surface area contributed by atoms with Crippen LogP contribution in [0.25, 0.3) is 0 Å². The number of benzene rings is 1. The number of nitrogens with zero attached hydrogens (tertiary/aromatic N) is 4. The van der Waals surface area contributed by atoms with Gasteiger partial charge >= 0.3 is 0 Å². The summed E-state index contributed by atoms with van der Waals surface area (Å²) in [7, 11) is 0. The third-order valence-electron chi connectivity index (χ3n) is 7.10. The van der Waals surface area contributed by atoms with Crippen LogP contribution < -0.4 is 4.90 Å². The Morgan fingerprint density at radius 3 is 2.69 bits per heavy atom. The van der Waals surface area contributed by atoms with Crippen LogP contribution in [0.15, 0.2) is 30.3 Å². The number of carbonyl (C=O) groups excluding carboxylic acids is 2. The number of anilines is 1. The Labute approximate surface area is 190 Å². The quantitative estimate of drug-likeness (QED) is 0.696. The second kappa shape index (κ2) is 9.00. The van der Waals surface area contributed by atoms with Crippen LogP contribution in [0.4, 0.5) is 5.82 Å². The molecule has 0 radical (unpaired) electrons. The number of rotatable bonds is 6. The summed E-state index contributed by atoms with van der Waals surface area (Å²) in [5.74, 6) is 2.79. The van der Waals surface area contributed by atoms with E-state index >= 15 is 0 Å². The highest BCUT2D eigenvalue weighted by molar-refractivity contribution is 5.95. The molecule has 0 N–H and O–H groups in total. The van der Waals surface area contributed by atoms with Gasteiger partial charge in [0.2, 0.25) is 11.8 Å². The number of aryl methyl sites for hydroxylation is 2. The zero-order chi connectivity index (χ0) is 22.1. The number of amides is 2. The Balaban J connectivity index is 1.31. The lowest BCUT2D eigenvalue weighted by Gasteiger charge is -2.34. The molecule has 2 aromatic rings. The van der Waals surface area contributed by atoms with Crippen molar-refractivity contribution >= 4 is 17.6 Å². The highest BCUT2D eigenvalue weighted by atomic mass is 16.2. The smallest absolute Gasteiger partial charge is 0.228 e. The topological polar surface area (TPSA) is 66.4 Å². The minimum atomic E-state index is 0.133. The van der Waals surface area contributed by atoms with Gasteiger partial charge in [0.05, 0.1) is 0 Å². The summed E-state index contributed by atoms with van der Waals surface area (Å²) in [6.45, 7) is 4.31. The first-order chi connectivity index (χ1) is 15.6. The molecule has 1 aromatic heterocycles. The van der Waals surface area contributed by atoms with Gasteiger partial charge in [-0.15, -0.1) is 0 Å². The van der Waals surface area contributed by atoms with E-state index < -0.39 is 0 Å². The molecular formula is C26H32N4O2. The first kappa shape index (κ1) is 21.1. The molecule has 32 heavy (non-hydrogen) atoms. The molecule has 3 heterocycles. The lowest BCUT2D eigenvalue weighted by Crippen LogP contribution is -2.41. The molecule has 0 bridgehead atoms. The van der Waals surface area contributed by atoms with Crippen molar-refractivity contribution in [3.05, 3.63) is 53.0 Å². The van der Waals surface area contributed by atoms with Crippen LogP contribution in [-0.2, 0) is 22.4 Å². The zero-order valence-corrected chi connectivity index (χ0v) is 18.9. The molecule has 2 amide bonds. The van der Waals surface area contributed by atoms with Gasteiger partial charge in [-0.05, 0) is 56.9 Å². The standard InChI is InChI=1S/C26H32N4O2/c1-18-22-12-14-24(32)30(16-20-9-10-20)26(22)28-25(27-18)21-8-5-15-29(17-21)23(31)13-11-19-6-3-2-4-7-19/h2-4,6-7,20-21H,5,8-17H2,1H3/t21-/m1/s1. The van der Waals surface area contributed by atoms with E-state index in [1.165, 1.54) is 18.4 Å². The van der Waals surface area contributed by atoms with Gasteiger partial charge in [0.1, 0.15) is 11.6 Å². The molecule has 1 aromatic carbocycles. The normalized spacial score (nSPS) is 20.9. The Kier molecular flexibility index (Phi) is 5.94. The maximum absolute atomic E-state index is 12.9. The van der Waals surface area contributed by atoms with E-state index in [4.69, 9.17) is 9.97 Å². The summed E-state index contributed by atoms with van der Waals surface area (Å²) in [5.41, 5.74) is 3.31. The van der Waals surface area contributed by atoms with E-state index in [0.29, 0.717) is 25.3 Å². The van der Waals surface area contributed by atoms with Gasteiger partial charge in [-0.25, -0.2) is 9.97 Å². The van der Waals surface area contributed by atoms with Gasteiger partial charge in [-0.1, -0.05) is 30.3 Å².